The van der Waals surface area contributed by atoms with Crippen LogP contribution >= 0.6 is 0 Å². The highest BCUT2D eigenvalue weighted by atomic mass is 16.2. The summed E-state index contributed by atoms with van der Waals surface area (Å²) in [5.74, 6) is 1.62. The number of carbonyl (C=O) groups excluding carboxylic acids is 2. The Morgan fingerprint density at radius 2 is 1.77 bits per heavy atom. The molecule has 5 rings (SSSR count). The molecule has 4 aliphatic carbocycles. The lowest BCUT2D eigenvalue weighted by Gasteiger charge is -2.55. The number of nitrogens with zero attached hydrogens (tertiary/aromatic N) is 2. The SMILES string of the molecule is Cn1ncc(NC(=O)C23CC4CC(CC(C4)C2)C3)c1C(N)=O. The van der Waals surface area contributed by atoms with Gasteiger partial charge in [-0.05, 0) is 56.3 Å². The lowest BCUT2D eigenvalue weighted by atomic mass is 9.49. The summed E-state index contributed by atoms with van der Waals surface area (Å²) < 4.78 is 1.41. The summed E-state index contributed by atoms with van der Waals surface area (Å²) in [6.45, 7) is 0. The van der Waals surface area contributed by atoms with Crippen molar-refractivity contribution in [3.05, 3.63) is 11.9 Å². The summed E-state index contributed by atoms with van der Waals surface area (Å²) in [5, 5.41) is 6.98. The van der Waals surface area contributed by atoms with Gasteiger partial charge in [0, 0.05) is 7.05 Å². The van der Waals surface area contributed by atoms with E-state index in [4.69, 9.17) is 5.73 Å². The van der Waals surface area contributed by atoms with Gasteiger partial charge in [0.1, 0.15) is 5.69 Å². The van der Waals surface area contributed by atoms with Crippen molar-refractivity contribution in [1.29, 1.82) is 0 Å². The molecule has 1 aromatic rings. The molecule has 6 nitrogen and oxygen atoms in total. The van der Waals surface area contributed by atoms with Crippen molar-refractivity contribution in [3.8, 4) is 0 Å². The van der Waals surface area contributed by atoms with Crippen molar-refractivity contribution in [1.82, 2.24) is 9.78 Å². The predicted molar refractivity (Wildman–Crippen MR) is 81.0 cm³/mol. The molecule has 0 spiro atoms. The van der Waals surface area contributed by atoms with Crippen LogP contribution in [0.4, 0.5) is 5.69 Å². The first kappa shape index (κ1) is 13.8. The molecule has 1 heterocycles. The largest absolute Gasteiger partial charge is 0.364 e. The zero-order valence-corrected chi connectivity index (χ0v) is 12.8. The Hall–Kier alpha value is -1.85. The average molecular weight is 302 g/mol. The third-order valence-corrected chi connectivity index (χ3v) is 5.94. The zero-order valence-electron chi connectivity index (χ0n) is 12.8. The van der Waals surface area contributed by atoms with Crippen LogP contribution in [0.5, 0.6) is 0 Å². The number of nitrogens with two attached hydrogens (primary N) is 1. The number of anilines is 1. The fourth-order valence-corrected chi connectivity index (χ4v) is 5.46. The van der Waals surface area contributed by atoms with Crippen LogP contribution in [0.25, 0.3) is 0 Å². The number of hydrogen-bond donors (Lipinski definition) is 2. The van der Waals surface area contributed by atoms with Gasteiger partial charge < -0.3 is 11.1 Å². The second kappa shape index (κ2) is 4.57. The number of nitrogens with one attached hydrogen (secondary N) is 1. The molecule has 0 atom stereocenters. The van der Waals surface area contributed by atoms with Gasteiger partial charge in [-0.2, -0.15) is 5.10 Å². The van der Waals surface area contributed by atoms with Gasteiger partial charge in [0.25, 0.3) is 5.91 Å². The summed E-state index contributed by atoms with van der Waals surface area (Å²) in [5.41, 5.74) is 5.86. The first-order valence-corrected chi connectivity index (χ1v) is 8.10. The number of amides is 2. The molecule has 4 saturated carbocycles. The molecule has 6 heteroatoms. The van der Waals surface area contributed by atoms with E-state index in [1.807, 2.05) is 0 Å². The van der Waals surface area contributed by atoms with Gasteiger partial charge >= 0.3 is 0 Å². The van der Waals surface area contributed by atoms with Gasteiger partial charge in [-0.15, -0.1) is 0 Å². The highest BCUT2D eigenvalue weighted by Crippen LogP contribution is 2.60. The van der Waals surface area contributed by atoms with Gasteiger partial charge in [-0.3, -0.25) is 14.3 Å². The smallest absolute Gasteiger partial charge is 0.269 e. The minimum Gasteiger partial charge on any atom is -0.364 e. The molecule has 0 aromatic carbocycles. The quantitative estimate of drug-likeness (QED) is 0.890. The molecule has 4 fully saturated rings. The standard InChI is InChI=1S/C16H22N4O2/c1-20-13(14(17)21)12(8-18-20)19-15(22)16-5-9-2-10(6-16)4-11(3-9)7-16/h8-11H,2-7H2,1H3,(H2,17,21)(H,19,22). The van der Waals surface area contributed by atoms with Gasteiger partial charge in [0.15, 0.2) is 0 Å². The van der Waals surface area contributed by atoms with Crippen LogP contribution < -0.4 is 11.1 Å². The molecule has 0 aliphatic heterocycles. The second-order valence-electron chi connectivity index (χ2n) is 7.55. The monoisotopic (exact) mass is 302 g/mol. The van der Waals surface area contributed by atoms with Crippen molar-refractivity contribution in [3.63, 3.8) is 0 Å². The van der Waals surface area contributed by atoms with Gasteiger partial charge in [0.2, 0.25) is 5.91 Å². The van der Waals surface area contributed by atoms with Crippen LogP contribution in [0.1, 0.15) is 49.0 Å². The van der Waals surface area contributed by atoms with Crippen LogP contribution in [-0.2, 0) is 11.8 Å². The fourth-order valence-electron chi connectivity index (χ4n) is 5.46. The Kier molecular flexibility index (Phi) is 2.86. The highest BCUT2D eigenvalue weighted by molar-refractivity contribution is 6.03. The molecule has 0 saturated heterocycles. The molecule has 1 aromatic heterocycles. The van der Waals surface area contributed by atoms with Crippen molar-refractivity contribution in [2.45, 2.75) is 38.5 Å². The lowest BCUT2D eigenvalue weighted by molar-refractivity contribution is -0.140. The molecule has 2 amide bonds. The molecule has 0 unspecified atom stereocenters. The maximum absolute atomic E-state index is 12.9. The topological polar surface area (TPSA) is 90.0 Å². The zero-order chi connectivity index (χ0) is 15.5. The Labute approximate surface area is 129 Å². The van der Waals surface area contributed by atoms with Crippen LogP contribution in [0.2, 0.25) is 0 Å². The number of hydrogen-bond acceptors (Lipinski definition) is 3. The van der Waals surface area contributed by atoms with Crippen molar-refractivity contribution in [2.24, 2.45) is 36.0 Å². The van der Waals surface area contributed by atoms with E-state index in [1.54, 1.807) is 7.05 Å². The fraction of sp³-hybridized carbons (Fsp3) is 0.688. The summed E-state index contributed by atoms with van der Waals surface area (Å²) in [6.07, 6.45) is 8.40. The van der Waals surface area contributed by atoms with Crippen molar-refractivity contribution in [2.75, 3.05) is 5.32 Å². The molecule has 0 radical (unpaired) electrons. The van der Waals surface area contributed by atoms with Gasteiger partial charge in [-0.25, -0.2) is 0 Å². The molecular formula is C16H22N4O2. The molecule has 4 aliphatic rings. The minimum atomic E-state index is -0.569. The van der Waals surface area contributed by atoms with Crippen LogP contribution in [-0.4, -0.2) is 21.6 Å². The van der Waals surface area contributed by atoms with Gasteiger partial charge in [0.05, 0.1) is 17.3 Å². The summed E-state index contributed by atoms with van der Waals surface area (Å²) in [6, 6.07) is 0. The number of carbonyl (C=O) groups is 2. The number of primary amides is 1. The van der Waals surface area contributed by atoms with E-state index in [1.165, 1.54) is 30.1 Å². The van der Waals surface area contributed by atoms with Crippen molar-refractivity contribution >= 4 is 17.5 Å². The Balaban J connectivity index is 1.59. The Bertz CT molecular complexity index is 613. The number of aryl methyl sites for hydroxylation is 1. The second-order valence-corrected chi connectivity index (χ2v) is 7.55. The lowest BCUT2D eigenvalue weighted by Crippen LogP contribution is -2.51. The molecule has 22 heavy (non-hydrogen) atoms. The van der Waals surface area contributed by atoms with Crippen molar-refractivity contribution < 1.29 is 9.59 Å². The van der Waals surface area contributed by atoms with E-state index in [0.29, 0.717) is 23.4 Å². The number of rotatable bonds is 3. The van der Waals surface area contributed by atoms with E-state index in [-0.39, 0.29) is 17.0 Å². The average Bonchev–Trinajstić information content (AvgIpc) is 2.78. The maximum atomic E-state index is 12.9. The van der Waals surface area contributed by atoms with E-state index in [0.717, 1.165) is 19.3 Å². The highest BCUT2D eigenvalue weighted by Gasteiger charge is 2.54. The van der Waals surface area contributed by atoms with Crippen LogP contribution in [0.3, 0.4) is 0 Å². The van der Waals surface area contributed by atoms with E-state index in [9.17, 15) is 9.59 Å². The minimum absolute atomic E-state index is 0.0575. The molecule has 4 bridgehead atoms. The molecule has 3 N–H and O–H groups in total. The Morgan fingerprint density at radius 3 is 2.27 bits per heavy atom. The van der Waals surface area contributed by atoms with E-state index in [2.05, 4.69) is 10.4 Å². The normalized spacial score (nSPS) is 35.6. The molecular weight excluding hydrogens is 280 g/mol. The third kappa shape index (κ3) is 1.96. The van der Waals surface area contributed by atoms with Crippen LogP contribution in [0, 0.1) is 23.2 Å². The first-order chi connectivity index (χ1) is 10.5. The summed E-state index contributed by atoms with van der Waals surface area (Å²) in [7, 11) is 1.65. The predicted octanol–water partition coefficient (Wildman–Crippen LogP) is 1.67. The molecule has 118 valence electrons. The Morgan fingerprint density at radius 1 is 1.23 bits per heavy atom. The summed E-state index contributed by atoms with van der Waals surface area (Å²) >= 11 is 0. The van der Waals surface area contributed by atoms with Crippen LogP contribution in [0.15, 0.2) is 6.20 Å². The summed E-state index contributed by atoms with van der Waals surface area (Å²) in [4.78, 5) is 24.5. The van der Waals surface area contributed by atoms with E-state index < -0.39 is 5.91 Å². The number of aromatic nitrogens is 2. The van der Waals surface area contributed by atoms with E-state index >= 15 is 0 Å². The maximum Gasteiger partial charge on any atom is 0.269 e. The van der Waals surface area contributed by atoms with Gasteiger partial charge in [-0.1, -0.05) is 0 Å². The first-order valence-electron chi connectivity index (χ1n) is 8.10. The third-order valence-electron chi connectivity index (χ3n) is 5.94.